The molecule has 2 aliphatic rings. The van der Waals surface area contributed by atoms with Crippen molar-refractivity contribution >= 4 is 21.7 Å². The SMILES string of the molecule is CCN(C1CCCCC1)S(=O)(=O)c1ccc(C(=O)Nc2c3c(nn2C)CCC3)cc1. The molecule has 0 aliphatic heterocycles. The van der Waals surface area contributed by atoms with Crippen molar-refractivity contribution in [3.05, 3.63) is 41.1 Å². The lowest BCUT2D eigenvalue weighted by Crippen LogP contribution is -2.41. The number of aromatic nitrogens is 2. The predicted octanol–water partition coefficient (Wildman–Crippen LogP) is 3.50. The van der Waals surface area contributed by atoms with E-state index in [1.807, 2.05) is 14.0 Å². The number of aryl methyl sites for hydroxylation is 2. The van der Waals surface area contributed by atoms with E-state index in [0.717, 1.165) is 62.0 Å². The van der Waals surface area contributed by atoms with Crippen LogP contribution in [0.25, 0.3) is 0 Å². The second-order valence-electron chi connectivity index (χ2n) is 8.23. The van der Waals surface area contributed by atoms with Crippen LogP contribution in [0.3, 0.4) is 0 Å². The summed E-state index contributed by atoms with van der Waals surface area (Å²) in [7, 11) is -1.74. The van der Waals surface area contributed by atoms with Crippen molar-refractivity contribution in [2.24, 2.45) is 7.05 Å². The molecule has 1 amide bonds. The molecule has 0 spiro atoms. The standard InChI is InChI=1S/C22H30N4O3S/c1-3-26(17-8-5-4-6-9-17)30(28,29)18-14-12-16(13-15-18)22(27)23-21-19-10-7-11-20(19)24-25(21)2/h12-15,17H,3-11H2,1-2H3,(H,23,27). The molecule has 2 aromatic rings. The summed E-state index contributed by atoms with van der Waals surface area (Å²) in [6.07, 6.45) is 8.09. The van der Waals surface area contributed by atoms with E-state index in [1.54, 1.807) is 33.3 Å². The first-order valence-electron chi connectivity index (χ1n) is 10.9. The molecule has 1 N–H and O–H groups in total. The second kappa shape index (κ2) is 8.51. The molecule has 1 saturated carbocycles. The Morgan fingerprint density at radius 1 is 1.13 bits per heavy atom. The van der Waals surface area contributed by atoms with Gasteiger partial charge in [0.05, 0.1) is 10.6 Å². The summed E-state index contributed by atoms with van der Waals surface area (Å²) in [6.45, 7) is 2.35. The first-order valence-corrected chi connectivity index (χ1v) is 12.3. The van der Waals surface area contributed by atoms with Gasteiger partial charge in [0.25, 0.3) is 5.91 Å². The first kappa shape index (κ1) is 21.1. The summed E-state index contributed by atoms with van der Waals surface area (Å²) < 4.78 is 29.7. The van der Waals surface area contributed by atoms with Gasteiger partial charge in [0.1, 0.15) is 5.82 Å². The Hall–Kier alpha value is -2.19. The van der Waals surface area contributed by atoms with Gasteiger partial charge in [-0.15, -0.1) is 0 Å². The Morgan fingerprint density at radius 2 is 1.83 bits per heavy atom. The second-order valence-corrected chi connectivity index (χ2v) is 10.1. The van der Waals surface area contributed by atoms with Gasteiger partial charge in [-0.1, -0.05) is 26.2 Å². The topological polar surface area (TPSA) is 84.3 Å². The van der Waals surface area contributed by atoms with Gasteiger partial charge in [0.15, 0.2) is 0 Å². The van der Waals surface area contributed by atoms with Gasteiger partial charge in [-0.3, -0.25) is 9.48 Å². The maximum absolute atomic E-state index is 13.2. The lowest BCUT2D eigenvalue weighted by atomic mass is 9.95. The van der Waals surface area contributed by atoms with Gasteiger partial charge in [-0.25, -0.2) is 8.42 Å². The van der Waals surface area contributed by atoms with Crippen molar-refractivity contribution in [1.82, 2.24) is 14.1 Å². The normalized spacial score (nSPS) is 17.3. The quantitative estimate of drug-likeness (QED) is 0.760. The smallest absolute Gasteiger partial charge is 0.256 e. The Bertz CT molecular complexity index is 1020. The number of rotatable bonds is 6. The summed E-state index contributed by atoms with van der Waals surface area (Å²) in [5.74, 6) is 0.481. The highest BCUT2D eigenvalue weighted by molar-refractivity contribution is 7.89. The van der Waals surface area contributed by atoms with Gasteiger partial charge in [-0.2, -0.15) is 9.40 Å². The molecule has 1 fully saturated rings. The molecule has 2 aliphatic carbocycles. The molecule has 0 atom stereocenters. The molecule has 4 rings (SSSR count). The van der Waals surface area contributed by atoms with Crippen molar-refractivity contribution in [2.45, 2.75) is 69.2 Å². The molecule has 0 bridgehead atoms. The van der Waals surface area contributed by atoms with E-state index in [4.69, 9.17) is 0 Å². The minimum absolute atomic E-state index is 0.0728. The first-order chi connectivity index (χ1) is 14.4. The maximum Gasteiger partial charge on any atom is 0.256 e. The van der Waals surface area contributed by atoms with Gasteiger partial charge in [0.2, 0.25) is 10.0 Å². The van der Waals surface area contributed by atoms with Crippen LogP contribution in [0, 0.1) is 0 Å². The number of nitrogens with one attached hydrogen (secondary N) is 1. The minimum Gasteiger partial charge on any atom is -0.307 e. The Kier molecular flexibility index (Phi) is 5.97. The third-order valence-electron chi connectivity index (χ3n) is 6.32. The molecule has 1 heterocycles. The molecule has 1 aromatic carbocycles. The average molecular weight is 431 g/mol. The number of hydrogen-bond donors (Lipinski definition) is 1. The van der Waals surface area contributed by atoms with Crippen molar-refractivity contribution in [2.75, 3.05) is 11.9 Å². The van der Waals surface area contributed by atoms with E-state index < -0.39 is 10.0 Å². The lowest BCUT2D eigenvalue weighted by Gasteiger charge is -2.32. The molecular weight excluding hydrogens is 400 g/mol. The Morgan fingerprint density at radius 3 is 2.50 bits per heavy atom. The number of carbonyl (C=O) groups is 1. The summed E-state index contributed by atoms with van der Waals surface area (Å²) in [4.78, 5) is 13.0. The van der Waals surface area contributed by atoms with Crippen LogP contribution in [0.1, 0.15) is 67.1 Å². The molecule has 30 heavy (non-hydrogen) atoms. The Labute approximate surface area is 178 Å². The number of fused-ring (bicyclic) bond motifs is 1. The minimum atomic E-state index is -3.57. The number of hydrogen-bond acceptors (Lipinski definition) is 4. The predicted molar refractivity (Wildman–Crippen MR) is 116 cm³/mol. The number of anilines is 1. The van der Waals surface area contributed by atoms with Crippen molar-refractivity contribution in [3.8, 4) is 0 Å². The fraction of sp³-hybridized carbons (Fsp3) is 0.545. The maximum atomic E-state index is 13.2. The van der Waals surface area contributed by atoms with Crippen LogP contribution in [-0.2, 0) is 29.9 Å². The highest BCUT2D eigenvalue weighted by Crippen LogP contribution is 2.29. The molecular formula is C22H30N4O3S. The van der Waals surface area contributed by atoms with Crippen LogP contribution in [0.2, 0.25) is 0 Å². The number of carbonyl (C=O) groups excluding carboxylic acids is 1. The number of sulfonamides is 1. The van der Waals surface area contributed by atoms with Crippen molar-refractivity contribution in [1.29, 1.82) is 0 Å². The average Bonchev–Trinajstić information content (AvgIpc) is 3.31. The molecule has 0 unspecified atom stereocenters. The highest BCUT2D eigenvalue weighted by Gasteiger charge is 2.31. The monoisotopic (exact) mass is 430 g/mol. The number of nitrogens with zero attached hydrogens (tertiary/aromatic N) is 3. The third kappa shape index (κ3) is 3.90. The van der Waals surface area contributed by atoms with E-state index >= 15 is 0 Å². The van der Waals surface area contributed by atoms with Crippen LogP contribution in [0.15, 0.2) is 29.2 Å². The summed E-state index contributed by atoms with van der Waals surface area (Å²) >= 11 is 0. The van der Waals surface area contributed by atoms with Gasteiger partial charge in [0, 0.05) is 30.8 Å². The zero-order valence-electron chi connectivity index (χ0n) is 17.7. The van der Waals surface area contributed by atoms with Gasteiger partial charge in [-0.05, 0) is 56.4 Å². The van der Waals surface area contributed by atoms with Crippen LogP contribution in [-0.4, -0.2) is 41.0 Å². The Balaban J connectivity index is 1.51. The zero-order valence-corrected chi connectivity index (χ0v) is 18.5. The van der Waals surface area contributed by atoms with Crippen molar-refractivity contribution in [3.63, 3.8) is 0 Å². The van der Waals surface area contributed by atoms with Crippen LogP contribution in [0.4, 0.5) is 5.82 Å². The van der Waals surface area contributed by atoms with Gasteiger partial charge >= 0.3 is 0 Å². The third-order valence-corrected chi connectivity index (χ3v) is 8.36. The van der Waals surface area contributed by atoms with E-state index in [1.165, 1.54) is 6.42 Å². The fourth-order valence-electron chi connectivity index (χ4n) is 4.76. The van der Waals surface area contributed by atoms with Crippen LogP contribution < -0.4 is 5.32 Å². The summed E-state index contributed by atoms with van der Waals surface area (Å²) in [5, 5.41) is 7.43. The number of benzene rings is 1. The zero-order chi connectivity index (χ0) is 21.3. The van der Waals surface area contributed by atoms with Crippen molar-refractivity contribution < 1.29 is 13.2 Å². The molecule has 8 heteroatoms. The summed E-state index contributed by atoms with van der Waals surface area (Å²) in [6, 6.07) is 6.34. The van der Waals surface area contributed by atoms with E-state index in [9.17, 15) is 13.2 Å². The van der Waals surface area contributed by atoms with Crippen LogP contribution in [0.5, 0.6) is 0 Å². The molecule has 0 radical (unpaired) electrons. The molecule has 162 valence electrons. The van der Waals surface area contributed by atoms with E-state index in [-0.39, 0.29) is 16.8 Å². The van der Waals surface area contributed by atoms with Gasteiger partial charge < -0.3 is 5.32 Å². The highest BCUT2D eigenvalue weighted by atomic mass is 32.2. The summed E-state index contributed by atoms with van der Waals surface area (Å²) in [5.41, 5.74) is 2.59. The molecule has 1 aromatic heterocycles. The largest absolute Gasteiger partial charge is 0.307 e. The fourth-order valence-corrected chi connectivity index (χ4v) is 6.46. The van der Waals surface area contributed by atoms with Crippen LogP contribution >= 0.6 is 0 Å². The molecule has 7 nitrogen and oxygen atoms in total. The van der Waals surface area contributed by atoms with E-state index in [2.05, 4.69) is 10.4 Å². The van der Waals surface area contributed by atoms with E-state index in [0.29, 0.717) is 12.1 Å². The lowest BCUT2D eigenvalue weighted by molar-refractivity contribution is 0.102. The number of amides is 1. The molecule has 0 saturated heterocycles.